The average molecular weight is 397 g/mol. The maximum Gasteiger partial charge on any atom is 0.266 e. The van der Waals surface area contributed by atoms with E-state index in [1.807, 2.05) is 0 Å². The topological polar surface area (TPSA) is 79.0 Å². The van der Waals surface area contributed by atoms with Crippen LogP contribution in [-0.2, 0) is 4.74 Å². The maximum atomic E-state index is 13.5. The Kier molecular flexibility index (Phi) is 5.37. The molecule has 8 heteroatoms. The molecule has 0 radical (unpaired) electrons. The summed E-state index contributed by atoms with van der Waals surface area (Å²) in [7, 11) is 0. The van der Waals surface area contributed by atoms with Gasteiger partial charge in [0.2, 0.25) is 0 Å². The molecular formula is C21H20FN3O4. The minimum Gasteiger partial charge on any atom is -0.379 e. The summed E-state index contributed by atoms with van der Waals surface area (Å²) < 4.78 is 18.8. The molecule has 2 aromatic rings. The van der Waals surface area contributed by atoms with Crippen molar-refractivity contribution >= 4 is 23.4 Å². The molecule has 1 fully saturated rings. The number of hydrogen-bond donors (Lipinski definition) is 1. The summed E-state index contributed by atoms with van der Waals surface area (Å²) in [5.41, 5.74) is 0.796. The highest BCUT2D eigenvalue weighted by Gasteiger charge is 2.37. The van der Waals surface area contributed by atoms with Gasteiger partial charge in [0.25, 0.3) is 17.7 Å². The van der Waals surface area contributed by atoms with Gasteiger partial charge in [0.1, 0.15) is 5.82 Å². The summed E-state index contributed by atoms with van der Waals surface area (Å²) in [6, 6.07) is 9.68. The van der Waals surface area contributed by atoms with Crippen molar-refractivity contribution in [3.05, 3.63) is 65.0 Å². The summed E-state index contributed by atoms with van der Waals surface area (Å²) in [5.74, 6) is -1.96. The van der Waals surface area contributed by atoms with E-state index in [4.69, 9.17) is 4.74 Å². The third kappa shape index (κ3) is 3.90. The first-order valence-electron chi connectivity index (χ1n) is 9.41. The number of ether oxygens (including phenoxy) is 1. The lowest BCUT2D eigenvalue weighted by Gasteiger charge is -2.26. The first-order valence-corrected chi connectivity index (χ1v) is 9.41. The molecule has 2 aliphatic rings. The van der Waals surface area contributed by atoms with Crippen LogP contribution in [-0.4, -0.2) is 62.0 Å². The van der Waals surface area contributed by atoms with E-state index in [1.54, 1.807) is 0 Å². The Morgan fingerprint density at radius 3 is 2.55 bits per heavy atom. The van der Waals surface area contributed by atoms with E-state index >= 15 is 0 Å². The number of amides is 3. The van der Waals surface area contributed by atoms with Crippen molar-refractivity contribution in [2.75, 3.05) is 44.3 Å². The van der Waals surface area contributed by atoms with Crippen molar-refractivity contribution in [3.63, 3.8) is 0 Å². The third-order valence-corrected chi connectivity index (χ3v) is 5.03. The van der Waals surface area contributed by atoms with Crippen LogP contribution >= 0.6 is 0 Å². The zero-order valence-electron chi connectivity index (χ0n) is 15.7. The van der Waals surface area contributed by atoms with Gasteiger partial charge in [0.05, 0.1) is 30.0 Å². The molecule has 0 aliphatic carbocycles. The maximum absolute atomic E-state index is 13.5. The molecule has 29 heavy (non-hydrogen) atoms. The van der Waals surface area contributed by atoms with Crippen molar-refractivity contribution in [2.45, 2.75) is 0 Å². The molecule has 0 saturated carbocycles. The Hall–Kier alpha value is -3.10. The van der Waals surface area contributed by atoms with E-state index in [9.17, 15) is 18.8 Å². The molecule has 2 aliphatic heterocycles. The summed E-state index contributed by atoms with van der Waals surface area (Å²) in [5, 5.41) is 2.83. The van der Waals surface area contributed by atoms with Gasteiger partial charge in [0.15, 0.2) is 0 Å². The summed E-state index contributed by atoms with van der Waals surface area (Å²) in [4.78, 5) is 40.9. The largest absolute Gasteiger partial charge is 0.379 e. The summed E-state index contributed by atoms with van der Waals surface area (Å²) in [6.07, 6.45) is 0. The molecule has 3 amide bonds. The summed E-state index contributed by atoms with van der Waals surface area (Å²) >= 11 is 0. The lowest BCUT2D eigenvalue weighted by molar-refractivity contribution is 0.0383. The molecule has 1 N–H and O–H groups in total. The van der Waals surface area contributed by atoms with Gasteiger partial charge in [-0.1, -0.05) is 6.07 Å². The highest BCUT2D eigenvalue weighted by Crippen LogP contribution is 2.29. The standard InChI is InChI=1S/C21H20FN3O4/c22-15-2-1-3-16(13-15)25-20(27)17-5-4-14(12-18(17)21(25)28)19(26)23-6-7-24-8-10-29-11-9-24/h1-5,12-13H,6-11H2,(H,23,26). The van der Waals surface area contributed by atoms with Crippen LogP contribution in [0.15, 0.2) is 42.5 Å². The number of halogens is 1. The number of fused-ring (bicyclic) bond motifs is 1. The fourth-order valence-corrected chi connectivity index (χ4v) is 3.49. The van der Waals surface area contributed by atoms with E-state index in [1.165, 1.54) is 36.4 Å². The predicted molar refractivity (Wildman–Crippen MR) is 104 cm³/mol. The van der Waals surface area contributed by atoms with Crippen molar-refractivity contribution in [1.82, 2.24) is 10.2 Å². The number of anilines is 1. The molecule has 0 spiro atoms. The zero-order valence-corrected chi connectivity index (χ0v) is 15.7. The van der Waals surface area contributed by atoms with Crippen LogP contribution in [0.4, 0.5) is 10.1 Å². The smallest absolute Gasteiger partial charge is 0.266 e. The molecular weight excluding hydrogens is 377 g/mol. The van der Waals surface area contributed by atoms with Crippen molar-refractivity contribution in [2.24, 2.45) is 0 Å². The number of morpholine rings is 1. The van der Waals surface area contributed by atoms with Crippen LogP contribution in [0.2, 0.25) is 0 Å². The quantitative estimate of drug-likeness (QED) is 0.777. The zero-order chi connectivity index (χ0) is 20.4. The number of nitrogens with zero attached hydrogens (tertiary/aromatic N) is 2. The normalized spacial score (nSPS) is 16.8. The predicted octanol–water partition coefficient (Wildman–Crippen LogP) is 1.69. The molecule has 0 bridgehead atoms. The number of hydrogen-bond acceptors (Lipinski definition) is 5. The molecule has 0 unspecified atom stereocenters. The van der Waals surface area contributed by atoms with Crippen LogP contribution in [0.1, 0.15) is 31.1 Å². The number of rotatable bonds is 5. The lowest BCUT2D eigenvalue weighted by atomic mass is 10.1. The van der Waals surface area contributed by atoms with Gasteiger partial charge >= 0.3 is 0 Å². The van der Waals surface area contributed by atoms with Crippen molar-refractivity contribution < 1.29 is 23.5 Å². The fourth-order valence-electron chi connectivity index (χ4n) is 3.49. The van der Waals surface area contributed by atoms with Gasteiger partial charge in [-0.3, -0.25) is 19.3 Å². The van der Waals surface area contributed by atoms with E-state index < -0.39 is 17.6 Å². The van der Waals surface area contributed by atoms with Gasteiger partial charge in [0, 0.05) is 31.7 Å². The first kappa shape index (κ1) is 19.2. The first-order chi connectivity index (χ1) is 14.0. The van der Waals surface area contributed by atoms with Gasteiger partial charge in [-0.05, 0) is 36.4 Å². The van der Waals surface area contributed by atoms with Gasteiger partial charge in [-0.15, -0.1) is 0 Å². The van der Waals surface area contributed by atoms with Gasteiger partial charge < -0.3 is 10.1 Å². The Bertz CT molecular complexity index is 972. The molecule has 2 heterocycles. The van der Waals surface area contributed by atoms with Gasteiger partial charge in [-0.2, -0.15) is 0 Å². The second-order valence-electron chi connectivity index (χ2n) is 6.90. The van der Waals surface area contributed by atoms with Crippen LogP contribution in [0.3, 0.4) is 0 Å². The number of carbonyl (C=O) groups excluding carboxylic acids is 3. The van der Waals surface area contributed by atoms with Crippen LogP contribution < -0.4 is 10.2 Å². The van der Waals surface area contributed by atoms with E-state index in [0.29, 0.717) is 31.9 Å². The molecule has 0 aromatic heterocycles. The minimum absolute atomic E-state index is 0.139. The van der Waals surface area contributed by atoms with E-state index in [-0.39, 0.29) is 22.7 Å². The monoisotopic (exact) mass is 397 g/mol. The highest BCUT2D eigenvalue weighted by molar-refractivity contribution is 6.34. The van der Waals surface area contributed by atoms with E-state index in [0.717, 1.165) is 24.1 Å². The number of benzene rings is 2. The Morgan fingerprint density at radius 2 is 1.79 bits per heavy atom. The fraction of sp³-hybridized carbons (Fsp3) is 0.286. The minimum atomic E-state index is -0.571. The molecule has 4 rings (SSSR count). The second-order valence-corrected chi connectivity index (χ2v) is 6.90. The van der Waals surface area contributed by atoms with Gasteiger partial charge in [-0.25, -0.2) is 9.29 Å². The molecule has 150 valence electrons. The number of carbonyl (C=O) groups is 3. The van der Waals surface area contributed by atoms with Crippen LogP contribution in [0.5, 0.6) is 0 Å². The average Bonchev–Trinajstić information content (AvgIpc) is 2.98. The van der Waals surface area contributed by atoms with E-state index in [2.05, 4.69) is 10.2 Å². The SMILES string of the molecule is O=C(NCCN1CCOCC1)c1ccc2c(c1)C(=O)N(c1cccc(F)c1)C2=O. The number of nitrogens with one attached hydrogen (secondary N) is 1. The van der Waals surface area contributed by atoms with Crippen LogP contribution in [0, 0.1) is 5.82 Å². The lowest BCUT2D eigenvalue weighted by Crippen LogP contribution is -2.41. The van der Waals surface area contributed by atoms with Crippen molar-refractivity contribution in [1.29, 1.82) is 0 Å². The highest BCUT2D eigenvalue weighted by atomic mass is 19.1. The third-order valence-electron chi connectivity index (χ3n) is 5.03. The summed E-state index contributed by atoms with van der Waals surface area (Å²) in [6.45, 7) is 4.24. The Morgan fingerprint density at radius 1 is 1.03 bits per heavy atom. The second kappa shape index (κ2) is 8.10. The Labute approximate surface area is 167 Å². The molecule has 2 aromatic carbocycles. The Balaban J connectivity index is 1.46. The molecule has 7 nitrogen and oxygen atoms in total. The molecule has 0 atom stereocenters. The molecule has 1 saturated heterocycles. The van der Waals surface area contributed by atoms with Crippen LogP contribution in [0.25, 0.3) is 0 Å². The van der Waals surface area contributed by atoms with Crippen molar-refractivity contribution in [3.8, 4) is 0 Å². The number of imide groups is 1.